The van der Waals surface area contributed by atoms with Crippen LogP contribution in [0.4, 0.5) is 10.1 Å². The van der Waals surface area contributed by atoms with Gasteiger partial charge in [-0.05, 0) is 42.0 Å². The molecule has 0 aliphatic carbocycles. The second kappa shape index (κ2) is 6.21. The third-order valence-corrected chi connectivity index (χ3v) is 4.45. The zero-order valence-corrected chi connectivity index (χ0v) is 13.9. The van der Waals surface area contributed by atoms with Crippen LogP contribution in [0.3, 0.4) is 0 Å². The highest BCUT2D eigenvalue weighted by Gasteiger charge is 2.54. The summed E-state index contributed by atoms with van der Waals surface area (Å²) in [4.78, 5) is 26.6. The highest BCUT2D eigenvalue weighted by Crippen LogP contribution is 2.33. The van der Waals surface area contributed by atoms with Gasteiger partial charge in [-0.1, -0.05) is 17.4 Å². The Morgan fingerprint density at radius 1 is 1.04 bits per heavy atom. The predicted octanol–water partition coefficient (Wildman–Crippen LogP) is 2.33. The number of benzene rings is 2. The Bertz CT molecular complexity index is 882. The van der Waals surface area contributed by atoms with E-state index in [4.69, 9.17) is 4.74 Å². The second-order valence-electron chi connectivity index (χ2n) is 6.03. The Morgan fingerprint density at radius 3 is 2.38 bits per heavy atom. The molecule has 0 aromatic heterocycles. The van der Waals surface area contributed by atoms with E-state index in [0.717, 1.165) is 10.5 Å². The minimum absolute atomic E-state index is 0.264. The van der Waals surface area contributed by atoms with E-state index in [0.29, 0.717) is 11.4 Å². The summed E-state index contributed by atoms with van der Waals surface area (Å²) in [6.45, 7) is 0.264. The van der Waals surface area contributed by atoms with E-state index in [2.05, 4.69) is 10.3 Å². The minimum Gasteiger partial charge on any atom is -0.497 e. The molecule has 2 aromatic rings. The average molecular weight is 354 g/mol. The van der Waals surface area contributed by atoms with E-state index in [1.165, 1.54) is 17.1 Å². The molecule has 0 spiro atoms. The molecule has 0 bridgehead atoms. The number of carbonyl (C=O) groups excluding carboxylic acids is 2. The SMILES string of the molecule is COc1ccc(N2C(=O)[C@@H]3N=NN(Cc4ccc(F)cc4)[C@H]3C2=O)cc1. The molecule has 2 aliphatic rings. The fourth-order valence-electron chi connectivity index (χ4n) is 3.12. The molecule has 2 aromatic carbocycles. The summed E-state index contributed by atoms with van der Waals surface area (Å²) in [5.41, 5.74) is 1.24. The lowest BCUT2D eigenvalue weighted by Crippen LogP contribution is -2.39. The van der Waals surface area contributed by atoms with Gasteiger partial charge in [-0.25, -0.2) is 9.29 Å². The predicted molar refractivity (Wildman–Crippen MR) is 89.9 cm³/mol. The number of nitrogens with zero attached hydrogens (tertiary/aromatic N) is 4. The summed E-state index contributed by atoms with van der Waals surface area (Å²) >= 11 is 0. The lowest BCUT2D eigenvalue weighted by Gasteiger charge is -2.20. The Balaban J connectivity index is 1.57. The normalized spacial score (nSPS) is 21.5. The van der Waals surface area contributed by atoms with Crippen molar-refractivity contribution in [2.24, 2.45) is 10.3 Å². The number of fused-ring (bicyclic) bond motifs is 1. The van der Waals surface area contributed by atoms with Crippen LogP contribution in [0.25, 0.3) is 0 Å². The van der Waals surface area contributed by atoms with Crippen LogP contribution >= 0.6 is 0 Å². The largest absolute Gasteiger partial charge is 0.497 e. The molecular formula is C18H15FN4O3. The van der Waals surface area contributed by atoms with Crippen molar-refractivity contribution in [3.63, 3.8) is 0 Å². The Kier molecular flexibility index (Phi) is 3.87. The molecule has 2 aliphatic heterocycles. The number of anilines is 1. The maximum Gasteiger partial charge on any atom is 0.263 e. The standard InChI is InChI=1S/C18H15FN4O3/c1-26-14-8-6-13(7-9-14)23-17(24)15-16(18(23)25)22(21-20-15)10-11-2-4-12(19)5-3-11/h2-9,15-16H,10H2,1H3/t15-,16-/m1/s1. The van der Waals surface area contributed by atoms with Gasteiger partial charge in [-0.2, -0.15) is 5.11 Å². The topological polar surface area (TPSA) is 74.6 Å². The quantitative estimate of drug-likeness (QED) is 0.790. The Labute approximate surface area is 148 Å². The minimum atomic E-state index is -0.856. The van der Waals surface area contributed by atoms with Crippen molar-refractivity contribution in [1.82, 2.24) is 5.01 Å². The third kappa shape index (κ3) is 2.59. The molecule has 1 fully saturated rings. The molecule has 2 atom stereocenters. The zero-order chi connectivity index (χ0) is 18.3. The van der Waals surface area contributed by atoms with Crippen LogP contribution in [-0.4, -0.2) is 36.0 Å². The van der Waals surface area contributed by atoms with Crippen LogP contribution in [0.2, 0.25) is 0 Å². The summed E-state index contributed by atoms with van der Waals surface area (Å²) in [5.74, 6) is -0.494. The van der Waals surface area contributed by atoms with Crippen molar-refractivity contribution >= 4 is 17.5 Å². The fraction of sp³-hybridized carbons (Fsp3) is 0.222. The van der Waals surface area contributed by atoms with Gasteiger partial charge in [-0.15, -0.1) is 0 Å². The van der Waals surface area contributed by atoms with Crippen molar-refractivity contribution in [2.45, 2.75) is 18.6 Å². The van der Waals surface area contributed by atoms with Gasteiger partial charge >= 0.3 is 0 Å². The van der Waals surface area contributed by atoms with Crippen LogP contribution in [0.1, 0.15) is 5.56 Å². The van der Waals surface area contributed by atoms with Crippen LogP contribution < -0.4 is 9.64 Å². The first kappa shape index (κ1) is 16.2. The number of carbonyl (C=O) groups is 2. The van der Waals surface area contributed by atoms with Gasteiger partial charge in [0.25, 0.3) is 11.8 Å². The zero-order valence-electron chi connectivity index (χ0n) is 13.9. The van der Waals surface area contributed by atoms with Gasteiger partial charge < -0.3 is 4.74 Å². The number of amides is 2. The Morgan fingerprint density at radius 2 is 1.73 bits per heavy atom. The summed E-state index contributed by atoms with van der Waals surface area (Å²) in [5, 5.41) is 9.42. The summed E-state index contributed by atoms with van der Waals surface area (Å²) in [6, 6.07) is 10.9. The van der Waals surface area contributed by atoms with E-state index in [1.54, 1.807) is 43.5 Å². The van der Waals surface area contributed by atoms with Crippen molar-refractivity contribution < 1.29 is 18.7 Å². The first-order valence-corrected chi connectivity index (χ1v) is 8.02. The van der Waals surface area contributed by atoms with Crippen LogP contribution in [0, 0.1) is 5.82 Å². The number of imide groups is 1. The Hall–Kier alpha value is -3.29. The molecule has 0 unspecified atom stereocenters. The number of halogens is 1. The maximum absolute atomic E-state index is 13.1. The summed E-state index contributed by atoms with van der Waals surface area (Å²) in [7, 11) is 1.54. The lowest BCUT2D eigenvalue weighted by atomic mass is 10.1. The van der Waals surface area contributed by atoms with Crippen LogP contribution in [0.5, 0.6) is 5.75 Å². The molecule has 2 amide bonds. The van der Waals surface area contributed by atoms with Gasteiger partial charge in [-0.3, -0.25) is 14.6 Å². The molecule has 8 heteroatoms. The first-order valence-electron chi connectivity index (χ1n) is 8.02. The number of hydrogen-bond acceptors (Lipinski definition) is 6. The van der Waals surface area contributed by atoms with Gasteiger partial charge in [0.1, 0.15) is 11.6 Å². The van der Waals surface area contributed by atoms with Crippen molar-refractivity contribution in [3.05, 3.63) is 59.9 Å². The lowest BCUT2D eigenvalue weighted by molar-refractivity contribution is -0.123. The molecule has 132 valence electrons. The smallest absolute Gasteiger partial charge is 0.263 e. The molecule has 0 radical (unpaired) electrons. The fourth-order valence-corrected chi connectivity index (χ4v) is 3.12. The van der Waals surface area contributed by atoms with Crippen LogP contribution in [-0.2, 0) is 16.1 Å². The molecular weight excluding hydrogens is 339 g/mol. The van der Waals surface area contributed by atoms with Crippen molar-refractivity contribution in [1.29, 1.82) is 0 Å². The van der Waals surface area contributed by atoms with Gasteiger partial charge in [0.2, 0.25) is 0 Å². The van der Waals surface area contributed by atoms with E-state index in [-0.39, 0.29) is 18.3 Å². The first-order chi connectivity index (χ1) is 12.6. The highest BCUT2D eigenvalue weighted by atomic mass is 19.1. The maximum atomic E-state index is 13.1. The van der Waals surface area contributed by atoms with Crippen molar-refractivity contribution in [2.75, 3.05) is 12.0 Å². The van der Waals surface area contributed by atoms with E-state index in [1.807, 2.05) is 0 Å². The second-order valence-corrected chi connectivity index (χ2v) is 6.03. The monoisotopic (exact) mass is 354 g/mol. The molecule has 0 saturated carbocycles. The summed E-state index contributed by atoms with van der Waals surface area (Å²) in [6.07, 6.45) is 0. The van der Waals surface area contributed by atoms with Crippen molar-refractivity contribution in [3.8, 4) is 5.75 Å². The van der Waals surface area contributed by atoms with Gasteiger partial charge in [0, 0.05) is 0 Å². The number of methoxy groups -OCH3 is 1. The molecule has 26 heavy (non-hydrogen) atoms. The molecule has 0 N–H and O–H groups in total. The highest BCUT2D eigenvalue weighted by molar-refractivity contribution is 6.25. The average Bonchev–Trinajstić information content (AvgIpc) is 3.17. The van der Waals surface area contributed by atoms with E-state index < -0.39 is 18.0 Å². The van der Waals surface area contributed by atoms with E-state index in [9.17, 15) is 14.0 Å². The van der Waals surface area contributed by atoms with Gasteiger partial charge in [0.05, 0.1) is 19.3 Å². The van der Waals surface area contributed by atoms with E-state index >= 15 is 0 Å². The summed E-state index contributed by atoms with van der Waals surface area (Å²) < 4.78 is 18.1. The number of ether oxygens (including phenoxy) is 1. The third-order valence-electron chi connectivity index (χ3n) is 4.45. The number of rotatable bonds is 4. The van der Waals surface area contributed by atoms with Crippen LogP contribution in [0.15, 0.2) is 58.9 Å². The molecule has 4 rings (SSSR count). The molecule has 7 nitrogen and oxygen atoms in total. The number of hydrogen-bond donors (Lipinski definition) is 0. The van der Waals surface area contributed by atoms with Gasteiger partial charge in [0.15, 0.2) is 12.1 Å². The molecule has 1 saturated heterocycles. The molecule has 2 heterocycles.